The Morgan fingerprint density at radius 2 is 1.00 bits per heavy atom. The van der Waals surface area contributed by atoms with Crippen molar-refractivity contribution in [2.24, 2.45) is 0 Å². The van der Waals surface area contributed by atoms with Gasteiger partial charge in [0, 0.05) is 0 Å². The van der Waals surface area contributed by atoms with Gasteiger partial charge in [-0.1, -0.05) is 0 Å². The third kappa shape index (κ3) is 2.98. The van der Waals surface area contributed by atoms with Gasteiger partial charge in [-0.15, -0.1) is 0 Å². The molecule has 0 aliphatic rings. The van der Waals surface area contributed by atoms with E-state index < -0.39 is 26.2 Å². The van der Waals surface area contributed by atoms with Gasteiger partial charge in [0.2, 0.25) is 0 Å². The summed E-state index contributed by atoms with van der Waals surface area (Å²) in [6.07, 6.45) is 3.88. The van der Waals surface area contributed by atoms with Crippen LogP contribution in [0.2, 0.25) is 0 Å². The van der Waals surface area contributed by atoms with Gasteiger partial charge in [0.15, 0.2) is 0 Å². The second-order valence-electron chi connectivity index (χ2n) is 8.36. The van der Waals surface area contributed by atoms with Crippen LogP contribution in [-0.4, -0.2) is 49.3 Å². The van der Waals surface area contributed by atoms with Gasteiger partial charge in [-0.2, -0.15) is 0 Å². The molecule has 0 saturated heterocycles. The molecule has 0 aromatic carbocycles. The molecule has 0 aromatic rings. The summed E-state index contributed by atoms with van der Waals surface area (Å²) in [7, 11) is 0. The van der Waals surface area contributed by atoms with E-state index in [2.05, 4.69) is 41.5 Å². The molecule has 7 heteroatoms. The molecule has 0 aliphatic heterocycles. The zero-order valence-electron chi connectivity index (χ0n) is 18.4. The molecule has 0 spiro atoms. The van der Waals surface area contributed by atoms with Gasteiger partial charge < -0.3 is 0 Å². The van der Waals surface area contributed by atoms with Gasteiger partial charge in [0.05, 0.1) is 0 Å². The van der Waals surface area contributed by atoms with Crippen LogP contribution < -0.4 is 0 Å². The molecule has 25 heavy (non-hydrogen) atoms. The first-order valence-electron chi connectivity index (χ1n) is 9.96. The summed E-state index contributed by atoms with van der Waals surface area (Å²) in [6.45, 7) is 11.5. The predicted molar refractivity (Wildman–Crippen MR) is 123 cm³/mol. The molecule has 3 nitrogen and oxygen atoms in total. The Morgan fingerprint density at radius 3 is 1.16 bits per heavy atom. The summed E-state index contributed by atoms with van der Waals surface area (Å²) in [4.78, 5) is 0. The predicted octanol–water partition coefficient (Wildman–Crippen LogP) is 8.31. The fraction of sp³-hybridized carbons (Fsp3) is 1.00. The van der Waals surface area contributed by atoms with Gasteiger partial charge in [0.1, 0.15) is 0 Å². The molecule has 154 valence electrons. The Labute approximate surface area is 157 Å². The van der Waals surface area contributed by atoms with Crippen molar-refractivity contribution in [2.45, 2.75) is 79.5 Å². The molecule has 0 heterocycles. The SMILES string of the molecule is CCCP(=O)(CCC)P(C(C)C)(C(C)C)(P(C)(C)=O)P(=O)(CC)CC. The Balaban J connectivity index is 7.89. The standard InChI is InChI=1S/C18H44O3P4/c1-11-15-24(21,16-12-2)25(17(5)6,18(7)8,22(9,10)19)23(20,13-3)14-4/h17-18H,11-16H2,1-10H3. The van der Waals surface area contributed by atoms with Crippen LogP contribution in [0.5, 0.6) is 0 Å². The minimum absolute atomic E-state index is 0.0264. The minimum atomic E-state index is -3.61. The zero-order chi connectivity index (χ0) is 20.3. The van der Waals surface area contributed by atoms with E-state index in [4.69, 9.17) is 0 Å². The first kappa shape index (κ1) is 26.1. The molecule has 0 fully saturated rings. The molecule has 0 amide bonds. The molecule has 0 atom stereocenters. The molecule has 0 aliphatic carbocycles. The van der Waals surface area contributed by atoms with Crippen LogP contribution >= 0.6 is 26.2 Å². The second kappa shape index (κ2) is 8.64. The molecule has 0 aromatic heterocycles. The Kier molecular flexibility index (Phi) is 9.03. The van der Waals surface area contributed by atoms with Crippen molar-refractivity contribution >= 4 is 26.2 Å². The van der Waals surface area contributed by atoms with Crippen molar-refractivity contribution in [3.8, 4) is 0 Å². The topological polar surface area (TPSA) is 51.2 Å². The van der Waals surface area contributed by atoms with Crippen molar-refractivity contribution in [1.82, 2.24) is 0 Å². The van der Waals surface area contributed by atoms with Crippen LogP contribution in [-0.2, 0) is 13.7 Å². The van der Waals surface area contributed by atoms with Gasteiger partial charge in [0.25, 0.3) is 0 Å². The van der Waals surface area contributed by atoms with Gasteiger partial charge in [-0.05, 0) is 0 Å². The molecule has 0 bridgehead atoms. The molecule has 0 unspecified atom stereocenters. The van der Waals surface area contributed by atoms with E-state index in [1.165, 1.54) is 0 Å². The number of rotatable bonds is 11. The van der Waals surface area contributed by atoms with E-state index in [-0.39, 0.29) is 11.3 Å². The van der Waals surface area contributed by atoms with E-state index in [1.54, 1.807) is 0 Å². The van der Waals surface area contributed by atoms with Crippen LogP contribution in [0.1, 0.15) is 68.2 Å². The normalized spacial score (nSPS) is 16.2. The van der Waals surface area contributed by atoms with Crippen molar-refractivity contribution in [3.63, 3.8) is 0 Å². The van der Waals surface area contributed by atoms with Crippen LogP contribution in [0.3, 0.4) is 0 Å². The summed E-state index contributed by atoms with van der Waals surface area (Å²) >= 11 is 0. The van der Waals surface area contributed by atoms with Crippen molar-refractivity contribution in [3.05, 3.63) is 0 Å². The first-order chi connectivity index (χ1) is 11.2. The monoisotopic (exact) mass is 432 g/mol. The fourth-order valence-corrected chi connectivity index (χ4v) is 77.2. The van der Waals surface area contributed by atoms with E-state index in [0.29, 0.717) is 24.6 Å². The molecule has 0 saturated carbocycles. The van der Waals surface area contributed by atoms with Crippen molar-refractivity contribution in [2.75, 3.05) is 38.0 Å². The Bertz CT molecular complexity index is 563. The van der Waals surface area contributed by atoms with Gasteiger partial charge in [-0.25, -0.2) is 0 Å². The zero-order valence-corrected chi connectivity index (χ0v) is 22.0. The number of hydrogen-bond acceptors (Lipinski definition) is 3. The van der Waals surface area contributed by atoms with E-state index >= 15 is 0 Å². The van der Waals surface area contributed by atoms with E-state index in [1.807, 2.05) is 27.2 Å². The maximum atomic E-state index is 15.0. The summed E-state index contributed by atoms with van der Waals surface area (Å²) in [5.41, 5.74) is -3.66. The summed E-state index contributed by atoms with van der Waals surface area (Å²) < 4.78 is 44.0. The van der Waals surface area contributed by atoms with Crippen LogP contribution in [0, 0.1) is 0 Å². The van der Waals surface area contributed by atoms with Gasteiger partial charge in [-0.3, -0.25) is 0 Å². The maximum absolute atomic E-state index is 15.0. The third-order valence-electron chi connectivity index (χ3n) is 6.60. The quantitative estimate of drug-likeness (QED) is 0.309. The third-order valence-corrected chi connectivity index (χ3v) is 65.4. The Hall–Kier alpha value is 1.12. The first-order valence-corrected chi connectivity index (χ1v) is 21.2. The molecule has 0 rings (SSSR count). The summed E-state index contributed by atoms with van der Waals surface area (Å²) in [6, 6.07) is 0. The summed E-state index contributed by atoms with van der Waals surface area (Å²) in [5.74, 6) is 0. The molecule has 0 N–H and O–H groups in total. The fourth-order valence-electron chi connectivity index (χ4n) is 6.50. The average Bonchev–Trinajstić information content (AvgIpc) is 2.45. The van der Waals surface area contributed by atoms with Crippen LogP contribution in [0.25, 0.3) is 0 Å². The van der Waals surface area contributed by atoms with E-state index in [9.17, 15) is 13.7 Å². The van der Waals surface area contributed by atoms with E-state index in [0.717, 1.165) is 12.8 Å². The van der Waals surface area contributed by atoms with Crippen LogP contribution in [0.4, 0.5) is 0 Å². The number of hydrogen-bond donors (Lipinski definition) is 0. The van der Waals surface area contributed by atoms with Gasteiger partial charge >= 0.3 is 157 Å². The van der Waals surface area contributed by atoms with Crippen LogP contribution in [0.15, 0.2) is 0 Å². The van der Waals surface area contributed by atoms with Crippen molar-refractivity contribution < 1.29 is 13.7 Å². The Morgan fingerprint density at radius 1 is 0.680 bits per heavy atom. The molecular formula is C18H44O3P4. The molecular weight excluding hydrogens is 388 g/mol. The summed E-state index contributed by atoms with van der Waals surface area (Å²) in [5, 5.41) is 0. The molecule has 0 radical (unpaired) electrons. The van der Waals surface area contributed by atoms with Crippen molar-refractivity contribution in [1.29, 1.82) is 0 Å². The second-order valence-corrected chi connectivity index (χ2v) is 38.6. The average molecular weight is 432 g/mol.